The SMILES string of the molecule is CN(CCNS(=O)(=O)c1ccc(Br)c(N)c1)C1CCCC1. The van der Waals surface area contributed by atoms with Gasteiger partial charge in [0, 0.05) is 29.3 Å². The molecule has 0 heterocycles. The second-order valence-corrected chi connectivity index (χ2v) is 8.12. The lowest BCUT2D eigenvalue weighted by molar-refractivity contribution is 0.250. The Hall–Kier alpha value is -0.630. The van der Waals surface area contributed by atoms with E-state index in [9.17, 15) is 8.42 Å². The van der Waals surface area contributed by atoms with E-state index in [1.54, 1.807) is 12.1 Å². The Labute approximate surface area is 135 Å². The van der Waals surface area contributed by atoms with E-state index >= 15 is 0 Å². The molecule has 1 saturated carbocycles. The molecule has 0 aromatic heterocycles. The van der Waals surface area contributed by atoms with Gasteiger partial charge in [0.15, 0.2) is 0 Å². The predicted octanol–water partition coefficient (Wildman–Crippen LogP) is 2.18. The first-order chi connectivity index (χ1) is 9.90. The summed E-state index contributed by atoms with van der Waals surface area (Å²) in [7, 11) is -1.44. The molecule has 0 radical (unpaired) electrons. The molecule has 0 aliphatic heterocycles. The molecule has 0 atom stereocenters. The number of nitrogens with two attached hydrogens (primary N) is 1. The fourth-order valence-electron chi connectivity index (χ4n) is 2.66. The van der Waals surface area contributed by atoms with Gasteiger partial charge in [-0.25, -0.2) is 13.1 Å². The maximum Gasteiger partial charge on any atom is 0.240 e. The summed E-state index contributed by atoms with van der Waals surface area (Å²) in [6.07, 6.45) is 4.98. The van der Waals surface area contributed by atoms with Gasteiger partial charge in [-0.3, -0.25) is 0 Å². The minimum Gasteiger partial charge on any atom is -0.398 e. The molecule has 0 saturated heterocycles. The number of hydrogen-bond acceptors (Lipinski definition) is 4. The first-order valence-corrected chi connectivity index (χ1v) is 9.43. The Morgan fingerprint density at radius 1 is 1.38 bits per heavy atom. The molecule has 0 bridgehead atoms. The van der Waals surface area contributed by atoms with Crippen LogP contribution in [0.5, 0.6) is 0 Å². The van der Waals surface area contributed by atoms with E-state index in [1.165, 1.54) is 31.7 Å². The maximum absolute atomic E-state index is 12.2. The number of hydrogen-bond donors (Lipinski definition) is 2. The van der Waals surface area contributed by atoms with E-state index in [0.717, 1.165) is 6.54 Å². The van der Waals surface area contributed by atoms with E-state index in [4.69, 9.17) is 5.73 Å². The van der Waals surface area contributed by atoms with Crippen molar-refractivity contribution in [3.8, 4) is 0 Å². The van der Waals surface area contributed by atoms with Crippen LogP contribution in [0.25, 0.3) is 0 Å². The number of rotatable bonds is 6. The van der Waals surface area contributed by atoms with E-state index in [2.05, 4.69) is 32.6 Å². The van der Waals surface area contributed by atoms with Crippen molar-refractivity contribution < 1.29 is 8.42 Å². The molecule has 21 heavy (non-hydrogen) atoms. The van der Waals surface area contributed by atoms with Crippen LogP contribution in [0.2, 0.25) is 0 Å². The molecule has 118 valence electrons. The number of nitrogens with zero attached hydrogens (tertiary/aromatic N) is 1. The summed E-state index contributed by atoms with van der Waals surface area (Å²) in [5, 5.41) is 0. The molecule has 1 aliphatic carbocycles. The predicted molar refractivity (Wildman–Crippen MR) is 88.6 cm³/mol. The standard InChI is InChI=1S/C14H22BrN3O2S/c1-18(11-4-2-3-5-11)9-8-17-21(19,20)12-6-7-13(15)14(16)10-12/h6-7,10-11,17H,2-5,8-9,16H2,1H3. The van der Waals surface area contributed by atoms with Crippen LogP contribution in [0.3, 0.4) is 0 Å². The van der Waals surface area contributed by atoms with Crippen LogP contribution in [-0.4, -0.2) is 39.5 Å². The highest BCUT2D eigenvalue weighted by Gasteiger charge is 2.20. The number of likely N-dealkylation sites (N-methyl/N-ethyl adjacent to an activating group) is 1. The second-order valence-electron chi connectivity index (χ2n) is 5.50. The zero-order valence-electron chi connectivity index (χ0n) is 12.2. The minimum absolute atomic E-state index is 0.201. The minimum atomic E-state index is -3.50. The summed E-state index contributed by atoms with van der Waals surface area (Å²) in [4.78, 5) is 2.44. The summed E-state index contributed by atoms with van der Waals surface area (Å²) in [5.41, 5.74) is 6.15. The van der Waals surface area contributed by atoms with Crippen molar-refractivity contribution in [2.24, 2.45) is 0 Å². The van der Waals surface area contributed by atoms with Crippen molar-refractivity contribution in [3.05, 3.63) is 22.7 Å². The number of halogens is 1. The van der Waals surface area contributed by atoms with Gasteiger partial charge in [-0.05, 0) is 54.0 Å². The lowest BCUT2D eigenvalue weighted by atomic mass is 10.2. The van der Waals surface area contributed by atoms with Crippen LogP contribution in [0, 0.1) is 0 Å². The molecular formula is C14H22BrN3O2S. The molecule has 5 nitrogen and oxygen atoms in total. The zero-order chi connectivity index (χ0) is 15.5. The monoisotopic (exact) mass is 375 g/mol. The van der Waals surface area contributed by atoms with Gasteiger partial charge < -0.3 is 10.6 Å². The first-order valence-electron chi connectivity index (χ1n) is 7.15. The molecule has 1 fully saturated rings. The zero-order valence-corrected chi connectivity index (χ0v) is 14.6. The van der Waals surface area contributed by atoms with E-state index in [1.807, 2.05) is 0 Å². The van der Waals surface area contributed by atoms with Crippen LogP contribution in [0.15, 0.2) is 27.6 Å². The molecule has 7 heteroatoms. The molecule has 3 N–H and O–H groups in total. The Kier molecular flexibility index (Phi) is 5.65. The van der Waals surface area contributed by atoms with E-state index < -0.39 is 10.0 Å². The lowest BCUT2D eigenvalue weighted by Gasteiger charge is -2.23. The highest BCUT2D eigenvalue weighted by atomic mass is 79.9. The number of benzene rings is 1. The molecule has 0 unspecified atom stereocenters. The Bertz CT molecular complexity index is 586. The number of nitrogens with one attached hydrogen (secondary N) is 1. The molecule has 0 amide bonds. The van der Waals surface area contributed by atoms with Crippen LogP contribution in [0.4, 0.5) is 5.69 Å². The Morgan fingerprint density at radius 3 is 2.67 bits per heavy atom. The highest BCUT2D eigenvalue weighted by Crippen LogP contribution is 2.23. The number of sulfonamides is 1. The molecule has 1 aromatic rings. The van der Waals surface area contributed by atoms with Crippen molar-refractivity contribution in [1.29, 1.82) is 0 Å². The van der Waals surface area contributed by atoms with Gasteiger partial charge >= 0.3 is 0 Å². The summed E-state index contributed by atoms with van der Waals surface area (Å²) < 4.78 is 27.7. The average Bonchev–Trinajstić information content (AvgIpc) is 2.95. The van der Waals surface area contributed by atoms with Crippen molar-refractivity contribution >= 4 is 31.6 Å². The fourth-order valence-corrected chi connectivity index (χ4v) is 3.96. The quantitative estimate of drug-likeness (QED) is 0.747. The van der Waals surface area contributed by atoms with E-state index in [0.29, 0.717) is 22.7 Å². The van der Waals surface area contributed by atoms with Crippen molar-refractivity contribution in [3.63, 3.8) is 0 Å². The first kappa shape index (κ1) is 16.7. The Balaban J connectivity index is 1.90. The second kappa shape index (κ2) is 7.09. The van der Waals surface area contributed by atoms with Gasteiger partial charge in [0.1, 0.15) is 0 Å². The molecule has 1 aromatic carbocycles. The summed E-state index contributed by atoms with van der Waals surface area (Å²) in [6.45, 7) is 1.13. The van der Waals surface area contributed by atoms with Gasteiger partial charge in [-0.15, -0.1) is 0 Å². The van der Waals surface area contributed by atoms with Gasteiger partial charge in [-0.2, -0.15) is 0 Å². The third-order valence-corrected chi connectivity index (χ3v) is 6.16. The van der Waals surface area contributed by atoms with Crippen molar-refractivity contribution in [2.75, 3.05) is 25.9 Å². The third kappa shape index (κ3) is 4.42. The van der Waals surface area contributed by atoms with Gasteiger partial charge in [0.05, 0.1) is 4.90 Å². The number of anilines is 1. The maximum atomic E-state index is 12.2. The summed E-state index contributed by atoms with van der Waals surface area (Å²) in [5.74, 6) is 0. The van der Waals surface area contributed by atoms with Crippen molar-refractivity contribution in [1.82, 2.24) is 9.62 Å². The topological polar surface area (TPSA) is 75.4 Å². The highest BCUT2D eigenvalue weighted by molar-refractivity contribution is 9.10. The summed E-state index contributed by atoms with van der Waals surface area (Å²) >= 11 is 3.26. The Morgan fingerprint density at radius 2 is 2.05 bits per heavy atom. The largest absolute Gasteiger partial charge is 0.398 e. The third-order valence-electron chi connectivity index (χ3n) is 3.98. The van der Waals surface area contributed by atoms with Gasteiger partial charge in [-0.1, -0.05) is 12.8 Å². The van der Waals surface area contributed by atoms with Gasteiger partial charge in [0.25, 0.3) is 0 Å². The van der Waals surface area contributed by atoms with Crippen LogP contribution in [0.1, 0.15) is 25.7 Å². The van der Waals surface area contributed by atoms with Gasteiger partial charge in [0.2, 0.25) is 10.0 Å². The number of nitrogen functional groups attached to an aromatic ring is 1. The fraction of sp³-hybridized carbons (Fsp3) is 0.571. The molecule has 2 rings (SSSR count). The molecule has 1 aliphatic rings. The summed E-state index contributed by atoms with van der Waals surface area (Å²) in [6, 6.07) is 5.25. The smallest absolute Gasteiger partial charge is 0.240 e. The lowest BCUT2D eigenvalue weighted by Crippen LogP contribution is -2.37. The van der Waals surface area contributed by atoms with Crippen LogP contribution < -0.4 is 10.5 Å². The average molecular weight is 376 g/mol. The normalized spacial score (nSPS) is 16.7. The van der Waals surface area contributed by atoms with Crippen LogP contribution in [-0.2, 0) is 10.0 Å². The van der Waals surface area contributed by atoms with E-state index in [-0.39, 0.29) is 4.90 Å². The molecular weight excluding hydrogens is 354 g/mol. The van der Waals surface area contributed by atoms with Crippen molar-refractivity contribution in [2.45, 2.75) is 36.6 Å². The molecule has 0 spiro atoms. The van der Waals surface area contributed by atoms with Crippen LogP contribution >= 0.6 is 15.9 Å².